The van der Waals surface area contributed by atoms with E-state index in [-0.39, 0.29) is 17.5 Å². The van der Waals surface area contributed by atoms with Crippen molar-refractivity contribution in [1.82, 2.24) is 10.4 Å². The Morgan fingerprint density at radius 3 is 2.25 bits per heavy atom. The van der Waals surface area contributed by atoms with Gasteiger partial charge < -0.3 is 8.83 Å². The van der Waals surface area contributed by atoms with E-state index in [2.05, 4.69) is 17.6 Å². The van der Waals surface area contributed by atoms with Gasteiger partial charge in [0, 0.05) is 6.92 Å². The van der Waals surface area contributed by atoms with Crippen molar-refractivity contribution in [2.24, 2.45) is 0 Å². The molecule has 2 unspecified atom stereocenters. The maximum Gasteiger partial charge on any atom is 0.234 e. The van der Waals surface area contributed by atoms with Crippen molar-refractivity contribution in [2.45, 2.75) is 18.5 Å². The molecule has 0 bridgehead atoms. The topological polar surface area (TPSA) is 58.6 Å². The number of rotatable bonds is 3. The number of furan rings is 2. The normalized spacial score (nSPS) is 23.5. The van der Waals surface area contributed by atoms with Crippen LogP contribution in [-0.4, -0.2) is 10.9 Å². The number of hydrazine groups is 1. The van der Waals surface area contributed by atoms with E-state index in [1.165, 1.54) is 5.30 Å². The molecule has 1 fully saturated rings. The summed E-state index contributed by atoms with van der Waals surface area (Å²) in [7, 11) is -0.833. The molecule has 3 heterocycles. The third-order valence-corrected chi connectivity index (χ3v) is 6.88. The maximum absolute atomic E-state index is 12.2. The highest BCUT2D eigenvalue weighted by Gasteiger charge is 2.47. The number of amides is 1. The molecule has 1 N–H and O–H groups in total. The van der Waals surface area contributed by atoms with Gasteiger partial charge >= 0.3 is 0 Å². The van der Waals surface area contributed by atoms with Gasteiger partial charge in [-0.3, -0.25) is 9.80 Å². The fraction of sp³-hybridized carbons (Fsp3) is 0.167. The largest absolute Gasteiger partial charge is 0.467 e. The molecule has 3 atom stereocenters. The Bertz CT molecular complexity index is 802. The zero-order valence-corrected chi connectivity index (χ0v) is 14.0. The minimum atomic E-state index is -0.833. The molecule has 122 valence electrons. The Hall–Kier alpha value is -2.36. The van der Waals surface area contributed by atoms with E-state index in [1.54, 1.807) is 24.5 Å². The summed E-state index contributed by atoms with van der Waals surface area (Å²) in [5.74, 6) is 1.29. The zero-order valence-electron chi connectivity index (χ0n) is 13.1. The molecule has 1 amide bonds. The number of carbonyl (C=O) groups excluding carboxylic acids is 1. The molecule has 0 saturated carbocycles. The van der Waals surface area contributed by atoms with Crippen LogP contribution in [0.4, 0.5) is 0 Å². The third-order valence-electron chi connectivity index (χ3n) is 4.05. The molecule has 1 saturated heterocycles. The molecule has 1 aliphatic rings. The van der Waals surface area contributed by atoms with Gasteiger partial charge in [-0.1, -0.05) is 30.3 Å². The molecule has 4 rings (SSSR count). The lowest BCUT2D eigenvalue weighted by Gasteiger charge is -2.24. The van der Waals surface area contributed by atoms with Gasteiger partial charge in [-0.05, 0) is 37.5 Å². The van der Waals surface area contributed by atoms with Gasteiger partial charge in [0.2, 0.25) is 5.91 Å². The Labute approximate surface area is 141 Å². The summed E-state index contributed by atoms with van der Waals surface area (Å²) < 4.78 is 11.3. The van der Waals surface area contributed by atoms with Gasteiger partial charge in [0.25, 0.3) is 0 Å². The van der Waals surface area contributed by atoms with Crippen LogP contribution in [0.25, 0.3) is 0 Å². The number of nitrogens with zero attached hydrogens (tertiary/aromatic N) is 1. The standard InChI is InChI=1S/C18H17N2O3P/c1-13(21)20-18(16-10-6-12-23-16)24(14-7-3-2-4-8-14)17(19-20)15-9-5-11-22-15/h2-12,17-19H,1H3/t17-,18?,24?/m0/s1. The second kappa shape index (κ2) is 6.27. The lowest BCUT2D eigenvalue weighted by molar-refractivity contribution is -0.132. The highest BCUT2D eigenvalue weighted by atomic mass is 31.1. The van der Waals surface area contributed by atoms with E-state index in [1.807, 2.05) is 42.5 Å². The second-order valence-electron chi connectivity index (χ2n) is 5.57. The summed E-state index contributed by atoms with van der Waals surface area (Å²) in [6.45, 7) is 1.56. The molecule has 3 aromatic rings. The number of hydrogen-bond donors (Lipinski definition) is 1. The first kappa shape index (κ1) is 15.2. The first-order valence-corrected chi connectivity index (χ1v) is 9.20. The van der Waals surface area contributed by atoms with Crippen LogP contribution in [0.5, 0.6) is 0 Å². The van der Waals surface area contributed by atoms with E-state index in [4.69, 9.17) is 8.83 Å². The Morgan fingerprint density at radius 1 is 1.00 bits per heavy atom. The Kier molecular flexibility index (Phi) is 3.97. The number of nitrogens with one attached hydrogen (secondary N) is 1. The molecule has 0 aliphatic carbocycles. The summed E-state index contributed by atoms with van der Waals surface area (Å²) in [6, 6.07) is 17.8. The summed E-state index contributed by atoms with van der Waals surface area (Å²) in [5.41, 5.74) is 3.34. The lowest BCUT2D eigenvalue weighted by Crippen LogP contribution is -2.37. The minimum Gasteiger partial charge on any atom is -0.467 e. The van der Waals surface area contributed by atoms with Crippen LogP contribution in [0.3, 0.4) is 0 Å². The highest BCUT2D eigenvalue weighted by Crippen LogP contribution is 2.64. The van der Waals surface area contributed by atoms with Crippen molar-refractivity contribution in [3.05, 3.63) is 78.6 Å². The fourth-order valence-corrected chi connectivity index (χ4v) is 5.98. The Balaban J connectivity index is 1.85. The van der Waals surface area contributed by atoms with Crippen molar-refractivity contribution in [3.63, 3.8) is 0 Å². The van der Waals surface area contributed by atoms with E-state index in [0.717, 1.165) is 11.5 Å². The van der Waals surface area contributed by atoms with Crippen LogP contribution in [0.2, 0.25) is 0 Å². The van der Waals surface area contributed by atoms with Gasteiger partial charge in [-0.15, -0.1) is 0 Å². The third kappa shape index (κ3) is 2.56. The zero-order chi connectivity index (χ0) is 16.5. The fourth-order valence-electron chi connectivity index (χ4n) is 3.03. The molecule has 6 heteroatoms. The van der Waals surface area contributed by atoms with E-state index < -0.39 is 7.92 Å². The smallest absolute Gasteiger partial charge is 0.234 e. The molecule has 1 aliphatic heterocycles. The van der Waals surface area contributed by atoms with Crippen molar-refractivity contribution in [3.8, 4) is 0 Å². The average molecular weight is 340 g/mol. The molecule has 5 nitrogen and oxygen atoms in total. The van der Waals surface area contributed by atoms with Gasteiger partial charge in [0.05, 0.1) is 12.5 Å². The van der Waals surface area contributed by atoms with Crippen molar-refractivity contribution in [2.75, 3.05) is 0 Å². The van der Waals surface area contributed by atoms with Gasteiger partial charge in [0.15, 0.2) is 0 Å². The molecular weight excluding hydrogens is 323 g/mol. The van der Waals surface area contributed by atoms with Gasteiger partial charge in [0.1, 0.15) is 23.1 Å². The first-order valence-electron chi connectivity index (χ1n) is 7.72. The van der Waals surface area contributed by atoms with Crippen molar-refractivity contribution in [1.29, 1.82) is 0 Å². The quantitative estimate of drug-likeness (QED) is 0.738. The summed E-state index contributed by atoms with van der Waals surface area (Å²) in [4.78, 5) is 12.2. The van der Waals surface area contributed by atoms with Crippen LogP contribution in [0.15, 0.2) is 76.0 Å². The Morgan fingerprint density at radius 2 is 1.67 bits per heavy atom. The minimum absolute atomic E-state index is 0.0473. The number of hydrogen-bond acceptors (Lipinski definition) is 4. The summed E-state index contributed by atoms with van der Waals surface area (Å²) in [6.07, 6.45) is 3.31. The van der Waals surface area contributed by atoms with Gasteiger partial charge in [-0.25, -0.2) is 5.43 Å². The highest BCUT2D eigenvalue weighted by molar-refractivity contribution is 7.66. The SMILES string of the molecule is CC(=O)N1N[C@H](c2ccco2)P(c2ccccc2)C1c1ccco1. The average Bonchev–Trinajstić information content (AvgIpc) is 3.33. The van der Waals surface area contributed by atoms with Crippen LogP contribution >= 0.6 is 7.92 Å². The van der Waals surface area contributed by atoms with E-state index >= 15 is 0 Å². The lowest BCUT2D eigenvalue weighted by atomic mass is 10.4. The number of carbonyl (C=O) groups is 1. The molecular formula is C18H17N2O3P. The number of benzene rings is 1. The van der Waals surface area contributed by atoms with Gasteiger partial charge in [-0.2, -0.15) is 0 Å². The summed E-state index contributed by atoms with van der Waals surface area (Å²) in [5, 5.41) is 2.86. The summed E-state index contributed by atoms with van der Waals surface area (Å²) >= 11 is 0. The van der Waals surface area contributed by atoms with Crippen LogP contribution in [0.1, 0.15) is 30.0 Å². The van der Waals surface area contributed by atoms with Crippen LogP contribution < -0.4 is 10.7 Å². The molecule has 24 heavy (non-hydrogen) atoms. The predicted octanol–water partition coefficient (Wildman–Crippen LogP) is 3.74. The second-order valence-corrected chi connectivity index (χ2v) is 7.90. The molecule has 0 spiro atoms. The molecule has 2 aromatic heterocycles. The maximum atomic E-state index is 12.2. The van der Waals surface area contributed by atoms with Crippen molar-refractivity contribution >= 4 is 19.1 Å². The van der Waals surface area contributed by atoms with E-state index in [0.29, 0.717) is 0 Å². The van der Waals surface area contributed by atoms with Crippen molar-refractivity contribution < 1.29 is 13.6 Å². The van der Waals surface area contributed by atoms with E-state index in [9.17, 15) is 4.79 Å². The predicted molar refractivity (Wildman–Crippen MR) is 91.5 cm³/mol. The molecule has 1 aromatic carbocycles. The first-order chi connectivity index (χ1) is 11.8. The molecule has 0 radical (unpaired) electrons. The van der Waals surface area contributed by atoms with Crippen LogP contribution in [0, 0.1) is 0 Å². The van der Waals surface area contributed by atoms with Crippen LogP contribution in [-0.2, 0) is 4.79 Å². The monoisotopic (exact) mass is 340 g/mol.